The van der Waals surface area contributed by atoms with E-state index in [-0.39, 0.29) is 34.0 Å². The lowest BCUT2D eigenvalue weighted by atomic mass is 10.1. The van der Waals surface area contributed by atoms with Gasteiger partial charge in [-0.2, -0.15) is 5.26 Å². The molecule has 0 aliphatic heterocycles. The summed E-state index contributed by atoms with van der Waals surface area (Å²) in [5, 5.41) is 33.2. The van der Waals surface area contributed by atoms with E-state index in [2.05, 4.69) is 15.5 Å². The number of esters is 1. The van der Waals surface area contributed by atoms with Crippen molar-refractivity contribution in [3.63, 3.8) is 0 Å². The number of anilines is 1. The maximum Gasteiger partial charge on any atom is 0.341 e. The molecular weight excluding hydrogens is 568 g/mol. The first-order valence-corrected chi connectivity index (χ1v) is 13.9. The number of nitrogens with zero attached hydrogens (tertiary/aromatic N) is 5. The quantitative estimate of drug-likeness (QED) is 0.0756. The first kappa shape index (κ1) is 29.2. The Hall–Kier alpha value is -4.74. The van der Waals surface area contributed by atoms with Crippen LogP contribution in [0.15, 0.2) is 56.6 Å². The maximum atomic E-state index is 13.2. The van der Waals surface area contributed by atoms with E-state index >= 15 is 0 Å². The molecule has 41 heavy (non-hydrogen) atoms. The van der Waals surface area contributed by atoms with Crippen molar-refractivity contribution in [2.45, 2.75) is 44.3 Å². The molecule has 0 saturated carbocycles. The minimum atomic E-state index is -0.779. The van der Waals surface area contributed by atoms with Crippen molar-refractivity contribution < 1.29 is 23.7 Å². The standard InChI is InChI=1S/C27H24N6O6S2/c1-5-32-23(20-8-7-11-39-20)30-31-27(32)41-21-10-9-19(33(36)37)13-17(21)12-18(14-28)24(34)29-25-22(26(35)38-6-2)15(3)16(4)40-25/h7-13H,5-6H2,1-4H3,(H,29,34)/b18-12-. The molecule has 4 rings (SSSR count). The number of nitro groups is 1. The molecule has 210 valence electrons. The zero-order valence-corrected chi connectivity index (χ0v) is 24.1. The van der Waals surface area contributed by atoms with Crippen LogP contribution < -0.4 is 5.32 Å². The lowest BCUT2D eigenvalue weighted by molar-refractivity contribution is -0.384. The first-order valence-electron chi connectivity index (χ1n) is 12.3. The van der Waals surface area contributed by atoms with Crippen molar-refractivity contribution >= 4 is 51.7 Å². The molecule has 12 nitrogen and oxygen atoms in total. The lowest BCUT2D eigenvalue weighted by Crippen LogP contribution is -2.16. The Bertz CT molecular complexity index is 1700. The van der Waals surface area contributed by atoms with Gasteiger partial charge >= 0.3 is 5.97 Å². The van der Waals surface area contributed by atoms with E-state index in [0.29, 0.717) is 33.7 Å². The van der Waals surface area contributed by atoms with Crippen LogP contribution >= 0.6 is 23.1 Å². The van der Waals surface area contributed by atoms with E-state index in [4.69, 9.17) is 9.15 Å². The van der Waals surface area contributed by atoms with E-state index in [1.54, 1.807) is 32.9 Å². The van der Waals surface area contributed by atoms with Gasteiger partial charge in [0.15, 0.2) is 16.7 Å². The summed E-state index contributed by atoms with van der Waals surface area (Å²) in [6.07, 6.45) is 2.79. The number of nitriles is 1. The third-order valence-electron chi connectivity index (χ3n) is 5.94. The van der Waals surface area contributed by atoms with Crippen LogP contribution in [0.3, 0.4) is 0 Å². The number of non-ortho nitro benzene ring substituents is 1. The Morgan fingerprint density at radius 2 is 2.07 bits per heavy atom. The Balaban J connectivity index is 1.71. The fraction of sp³-hybridized carbons (Fsp3) is 0.222. The first-order chi connectivity index (χ1) is 19.7. The number of carbonyl (C=O) groups is 2. The van der Waals surface area contributed by atoms with Crippen LogP contribution in [-0.2, 0) is 16.1 Å². The topological polar surface area (TPSA) is 166 Å². The molecule has 0 fully saturated rings. The van der Waals surface area contributed by atoms with Crippen LogP contribution in [0.25, 0.3) is 17.7 Å². The third kappa shape index (κ3) is 6.21. The highest BCUT2D eigenvalue weighted by Crippen LogP contribution is 2.36. The van der Waals surface area contributed by atoms with Gasteiger partial charge in [-0.25, -0.2) is 4.79 Å². The smallest absolute Gasteiger partial charge is 0.341 e. The van der Waals surface area contributed by atoms with Crippen molar-refractivity contribution in [1.29, 1.82) is 5.26 Å². The van der Waals surface area contributed by atoms with Gasteiger partial charge in [-0.05, 0) is 74.9 Å². The number of hydrogen-bond acceptors (Lipinski definition) is 11. The summed E-state index contributed by atoms with van der Waals surface area (Å²) in [5.41, 5.74) is 0.598. The predicted molar refractivity (Wildman–Crippen MR) is 153 cm³/mol. The summed E-state index contributed by atoms with van der Waals surface area (Å²) >= 11 is 2.36. The predicted octanol–water partition coefficient (Wildman–Crippen LogP) is 6.02. The second kappa shape index (κ2) is 12.6. The van der Waals surface area contributed by atoms with Gasteiger partial charge in [0.1, 0.15) is 16.6 Å². The number of carbonyl (C=O) groups excluding carboxylic acids is 2. The molecule has 0 spiro atoms. The van der Waals surface area contributed by atoms with E-state index in [1.807, 2.05) is 17.6 Å². The summed E-state index contributed by atoms with van der Waals surface area (Å²) in [4.78, 5) is 38.0. The molecule has 3 aromatic heterocycles. The summed E-state index contributed by atoms with van der Waals surface area (Å²) in [5.74, 6) is -0.327. The molecule has 1 aromatic carbocycles. The van der Waals surface area contributed by atoms with Crippen LogP contribution in [0.4, 0.5) is 10.7 Å². The molecule has 3 heterocycles. The molecule has 0 radical (unpaired) electrons. The van der Waals surface area contributed by atoms with Crippen molar-refractivity contribution in [2.75, 3.05) is 11.9 Å². The SMILES string of the molecule is CCOC(=O)c1c(NC(=O)/C(C#N)=C\c2cc([N+](=O)[O-])ccc2Sc2nnc(-c3ccco3)n2CC)sc(C)c1C. The zero-order valence-electron chi connectivity index (χ0n) is 22.5. The van der Waals surface area contributed by atoms with E-state index in [1.165, 1.54) is 53.6 Å². The minimum absolute atomic E-state index is 0.159. The molecule has 0 bridgehead atoms. The van der Waals surface area contributed by atoms with Gasteiger partial charge in [-0.15, -0.1) is 21.5 Å². The number of amides is 1. The Labute approximate surface area is 242 Å². The van der Waals surface area contributed by atoms with Gasteiger partial charge in [0.2, 0.25) is 0 Å². The largest absolute Gasteiger partial charge is 0.462 e. The third-order valence-corrected chi connectivity index (χ3v) is 8.14. The van der Waals surface area contributed by atoms with Gasteiger partial charge in [0.25, 0.3) is 11.6 Å². The Kier molecular flexibility index (Phi) is 9.00. The highest BCUT2D eigenvalue weighted by molar-refractivity contribution is 7.99. The normalized spacial score (nSPS) is 11.2. The van der Waals surface area contributed by atoms with E-state index < -0.39 is 16.8 Å². The van der Waals surface area contributed by atoms with E-state index in [9.17, 15) is 25.0 Å². The number of ether oxygens (including phenoxy) is 1. The lowest BCUT2D eigenvalue weighted by Gasteiger charge is -2.09. The zero-order chi connectivity index (χ0) is 29.7. The summed E-state index contributed by atoms with van der Waals surface area (Å²) in [7, 11) is 0. The molecule has 14 heteroatoms. The van der Waals surface area contributed by atoms with Crippen LogP contribution in [0.2, 0.25) is 0 Å². The molecule has 4 aromatic rings. The van der Waals surface area contributed by atoms with Gasteiger partial charge in [0, 0.05) is 28.5 Å². The van der Waals surface area contributed by atoms with Crippen LogP contribution in [0.5, 0.6) is 0 Å². The van der Waals surface area contributed by atoms with Gasteiger partial charge in [-0.1, -0.05) is 0 Å². The number of benzene rings is 1. The molecule has 0 aliphatic rings. The number of furan rings is 1. The van der Waals surface area contributed by atoms with Gasteiger partial charge in [-0.3, -0.25) is 19.5 Å². The average Bonchev–Trinajstić information content (AvgIpc) is 3.67. The van der Waals surface area contributed by atoms with Crippen molar-refractivity contribution in [2.24, 2.45) is 0 Å². The molecule has 1 amide bonds. The fourth-order valence-electron chi connectivity index (χ4n) is 3.83. The molecule has 0 aliphatic carbocycles. The maximum absolute atomic E-state index is 13.2. The van der Waals surface area contributed by atoms with Crippen molar-refractivity contribution in [1.82, 2.24) is 14.8 Å². The monoisotopic (exact) mass is 592 g/mol. The minimum Gasteiger partial charge on any atom is -0.462 e. The Morgan fingerprint density at radius 1 is 1.29 bits per heavy atom. The summed E-state index contributed by atoms with van der Waals surface area (Å²) < 4.78 is 12.4. The van der Waals surface area contributed by atoms with Crippen LogP contribution in [0.1, 0.15) is 40.2 Å². The number of thiophene rings is 1. The number of aromatic nitrogens is 3. The molecular formula is C27H24N6O6S2. The number of nitrogens with one attached hydrogen (secondary N) is 1. The van der Waals surface area contributed by atoms with Crippen LogP contribution in [-0.4, -0.2) is 38.2 Å². The second-order valence-corrected chi connectivity index (χ2v) is 10.7. The fourth-order valence-corrected chi connectivity index (χ4v) is 5.85. The number of rotatable bonds is 10. The van der Waals surface area contributed by atoms with Gasteiger partial charge in [0.05, 0.1) is 23.4 Å². The van der Waals surface area contributed by atoms with Crippen molar-refractivity contribution in [3.8, 4) is 17.7 Å². The number of aryl methyl sites for hydroxylation is 1. The second-order valence-electron chi connectivity index (χ2n) is 8.44. The summed E-state index contributed by atoms with van der Waals surface area (Å²) in [6, 6.07) is 9.48. The Morgan fingerprint density at radius 3 is 2.71 bits per heavy atom. The molecule has 0 atom stereocenters. The van der Waals surface area contributed by atoms with E-state index in [0.717, 1.165) is 4.88 Å². The number of nitro benzene ring substituents is 1. The highest BCUT2D eigenvalue weighted by Gasteiger charge is 2.24. The molecule has 0 unspecified atom stereocenters. The molecule has 0 saturated heterocycles. The number of hydrogen-bond donors (Lipinski definition) is 1. The average molecular weight is 593 g/mol. The van der Waals surface area contributed by atoms with Crippen LogP contribution in [0, 0.1) is 35.3 Å². The van der Waals surface area contributed by atoms with Crippen molar-refractivity contribution in [3.05, 3.63) is 73.8 Å². The summed E-state index contributed by atoms with van der Waals surface area (Å²) in [6.45, 7) is 7.81. The van der Waals surface area contributed by atoms with Gasteiger partial charge < -0.3 is 14.5 Å². The molecule has 1 N–H and O–H groups in total. The highest BCUT2D eigenvalue weighted by atomic mass is 32.2.